The van der Waals surface area contributed by atoms with E-state index in [2.05, 4.69) is 4.18 Å². The molecule has 6 nitrogen and oxygen atoms in total. The molecule has 1 fully saturated rings. The molecule has 0 heterocycles. The van der Waals surface area contributed by atoms with Crippen LogP contribution in [0.15, 0.2) is 0 Å². The highest BCUT2D eigenvalue weighted by atomic mass is 32.2. The van der Waals surface area contributed by atoms with Crippen molar-refractivity contribution in [3.05, 3.63) is 0 Å². The third-order valence-corrected chi connectivity index (χ3v) is 5.47. The summed E-state index contributed by atoms with van der Waals surface area (Å²) in [6.07, 6.45) is 2.17. The van der Waals surface area contributed by atoms with Gasteiger partial charge in [0.15, 0.2) is 0 Å². The van der Waals surface area contributed by atoms with E-state index in [1.165, 1.54) is 7.05 Å². The molecule has 1 aliphatic rings. The minimum atomic E-state index is -3.63. The van der Waals surface area contributed by atoms with Gasteiger partial charge in [0.25, 0.3) is 10.1 Å². The standard InChI is InChI=1S/C7H15NO5S2/c1-8(14(3,9)10)7(4-5-7)6-15(11,12)13-2/h4-6H2,1-3H3. The Labute approximate surface area is 90.4 Å². The van der Waals surface area contributed by atoms with Crippen LogP contribution >= 0.6 is 0 Å². The molecule has 0 atom stereocenters. The van der Waals surface area contributed by atoms with Crippen molar-refractivity contribution in [2.24, 2.45) is 0 Å². The topological polar surface area (TPSA) is 80.8 Å². The van der Waals surface area contributed by atoms with Crippen molar-refractivity contribution in [3.8, 4) is 0 Å². The van der Waals surface area contributed by atoms with Gasteiger partial charge in [-0.2, -0.15) is 12.7 Å². The van der Waals surface area contributed by atoms with E-state index < -0.39 is 25.7 Å². The summed E-state index contributed by atoms with van der Waals surface area (Å²) in [5, 5.41) is 0. The van der Waals surface area contributed by atoms with Crippen LogP contribution in [0.25, 0.3) is 0 Å². The molecule has 0 aromatic rings. The molecule has 0 N–H and O–H groups in total. The fourth-order valence-electron chi connectivity index (χ4n) is 1.43. The smallest absolute Gasteiger partial charge is 0.268 e. The van der Waals surface area contributed by atoms with Crippen LogP contribution in [0.3, 0.4) is 0 Å². The molecule has 0 aromatic carbocycles. The maximum absolute atomic E-state index is 11.3. The number of rotatable bonds is 5. The van der Waals surface area contributed by atoms with Gasteiger partial charge in [-0.25, -0.2) is 8.42 Å². The molecule has 1 aliphatic carbocycles. The molecular formula is C7H15NO5S2. The largest absolute Gasteiger partial charge is 0.273 e. The lowest BCUT2D eigenvalue weighted by molar-refractivity contribution is 0.350. The molecule has 15 heavy (non-hydrogen) atoms. The molecule has 0 bridgehead atoms. The predicted molar refractivity (Wildman–Crippen MR) is 55.4 cm³/mol. The van der Waals surface area contributed by atoms with Crippen molar-refractivity contribution < 1.29 is 21.0 Å². The van der Waals surface area contributed by atoms with Crippen LogP contribution in [0, 0.1) is 0 Å². The lowest BCUT2D eigenvalue weighted by Crippen LogP contribution is -2.43. The zero-order chi connectivity index (χ0) is 11.9. The van der Waals surface area contributed by atoms with Crippen LogP contribution < -0.4 is 0 Å². The number of nitrogens with zero attached hydrogens (tertiary/aromatic N) is 1. The van der Waals surface area contributed by atoms with Crippen molar-refractivity contribution in [1.82, 2.24) is 4.31 Å². The average Bonchev–Trinajstić information content (AvgIpc) is 2.82. The monoisotopic (exact) mass is 257 g/mol. The minimum Gasteiger partial charge on any atom is -0.273 e. The first-order valence-electron chi connectivity index (χ1n) is 4.35. The highest BCUT2D eigenvalue weighted by Crippen LogP contribution is 2.43. The lowest BCUT2D eigenvalue weighted by atomic mass is 10.3. The summed E-state index contributed by atoms with van der Waals surface area (Å²) in [7, 11) is -4.52. The third-order valence-electron chi connectivity index (χ3n) is 2.69. The van der Waals surface area contributed by atoms with Gasteiger partial charge >= 0.3 is 0 Å². The van der Waals surface area contributed by atoms with E-state index in [0.717, 1.165) is 17.7 Å². The molecule has 0 saturated heterocycles. The molecule has 1 rings (SSSR count). The van der Waals surface area contributed by atoms with Gasteiger partial charge in [-0.05, 0) is 12.8 Å². The molecular weight excluding hydrogens is 242 g/mol. The summed E-state index contributed by atoms with van der Waals surface area (Å²) < 4.78 is 50.5. The Morgan fingerprint density at radius 3 is 2.00 bits per heavy atom. The van der Waals surface area contributed by atoms with Gasteiger partial charge in [0, 0.05) is 7.05 Å². The van der Waals surface area contributed by atoms with Gasteiger partial charge in [-0.15, -0.1) is 0 Å². The molecule has 0 aromatic heterocycles. The van der Waals surface area contributed by atoms with Gasteiger partial charge in [0.05, 0.1) is 24.7 Å². The van der Waals surface area contributed by atoms with Gasteiger partial charge in [-0.1, -0.05) is 0 Å². The normalized spacial score (nSPS) is 20.5. The van der Waals surface area contributed by atoms with Crippen LogP contribution in [0.5, 0.6) is 0 Å². The third kappa shape index (κ3) is 2.90. The Balaban J connectivity index is 2.87. The molecule has 90 valence electrons. The first-order chi connectivity index (χ1) is 6.63. The fraction of sp³-hybridized carbons (Fsp3) is 1.00. The van der Waals surface area contributed by atoms with Gasteiger partial charge in [-0.3, -0.25) is 4.18 Å². The van der Waals surface area contributed by atoms with Crippen molar-refractivity contribution >= 4 is 20.1 Å². The molecule has 0 spiro atoms. The predicted octanol–water partition coefficient (Wildman–Crippen LogP) is -0.613. The fourth-order valence-corrected chi connectivity index (χ4v) is 3.72. The first kappa shape index (κ1) is 12.9. The Kier molecular flexibility index (Phi) is 3.17. The van der Waals surface area contributed by atoms with Crippen LogP contribution in [-0.2, 0) is 24.3 Å². The van der Waals surface area contributed by atoms with Gasteiger partial charge in [0.2, 0.25) is 10.0 Å². The van der Waals surface area contributed by atoms with Gasteiger partial charge in [0.1, 0.15) is 0 Å². The second kappa shape index (κ2) is 3.69. The summed E-state index contributed by atoms with van der Waals surface area (Å²) in [5.41, 5.74) is -0.789. The second-order valence-electron chi connectivity index (χ2n) is 3.82. The molecule has 0 unspecified atom stereocenters. The highest BCUT2D eigenvalue weighted by molar-refractivity contribution is 7.88. The van der Waals surface area contributed by atoms with E-state index in [-0.39, 0.29) is 5.75 Å². The zero-order valence-corrected chi connectivity index (χ0v) is 10.6. The molecule has 0 aliphatic heterocycles. The van der Waals surface area contributed by atoms with Crippen molar-refractivity contribution in [2.45, 2.75) is 18.4 Å². The summed E-state index contributed by atoms with van der Waals surface area (Å²) in [5.74, 6) is -0.278. The van der Waals surface area contributed by atoms with E-state index >= 15 is 0 Å². The molecule has 0 amide bonds. The summed E-state index contributed by atoms with van der Waals surface area (Å²) in [6.45, 7) is 0. The zero-order valence-electron chi connectivity index (χ0n) is 8.93. The van der Waals surface area contributed by atoms with E-state index in [1.54, 1.807) is 0 Å². The Morgan fingerprint density at radius 1 is 1.27 bits per heavy atom. The summed E-state index contributed by atoms with van der Waals surface area (Å²) >= 11 is 0. The van der Waals surface area contributed by atoms with E-state index in [9.17, 15) is 16.8 Å². The van der Waals surface area contributed by atoms with Gasteiger partial charge < -0.3 is 0 Å². The Bertz CT molecular complexity index is 434. The first-order valence-corrected chi connectivity index (χ1v) is 7.78. The van der Waals surface area contributed by atoms with Crippen LogP contribution in [0.1, 0.15) is 12.8 Å². The molecule has 8 heteroatoms. The maximum atomic E-state index is 11.3. The van der Waals surface area contributed by atoms with Crippen molar-refractivity contribution in [2.75, 3.05) is 26.2 Å². The Hall–Kier alpha value is -0.180. The lowest BCUT2D eigenvalue weighted by Gasteiger charge is -2.24. The summed E-state index contributed by atoms with van der Waals surface area (Å²) in [6, 6.07) is 0. The van der Waals surface area contributed by atoms with E-state index in [1.807, 2.05) is 0 Å². The van der Waals surface area contributed by atoms with Crippen LogP contribution in [0.2, 0.25) is 0 Å². The average molecular weight is 257 g/mol. The van der Waals surface area contributed by atoms with Crippen LogP contribution in [0.4, 0.5) is 0 Å². The van der Waals surface area contributed by atoms with Crippen molar-refractivity contribution in [1.29, 1.82) is 0 Å². The van der Waals surface area contributed by atoms with Crippen molar-refractivity contribution in [3.63, 3.8) is 0 Å². The quantitative estimate of drug-likeness (QED) is 0.614. The second-order valence-corrected chi connectivity index (χ2v) is 7.57. The minimum absolute atomic E-state index is 0.278. The van der Waals surface area contributed by atoms with E-state index in [4.69, 9.17) is 0 Å². The molecule has 0 radical (unpaired) electrons. The highest BCUT2D eigenvalue weighted by Gasteiger charge is 2.52. The number of hydrogen-bond donors (Lipinski definition) is 0. The maximum Gasteiger partial charge on any atom is 0.268 e. The number of hydrogen-bond acceptors (Lipinski definition) is 5. The Morgan fingerprint density at radius 2 is 1.73 bits per heavy atom. The SMILES string of the molecule is COS(=O)(=O)CC1(N(C)S(C)(=O)=O)CC1. The molecule has 1 saturated carbocycles. The van der Waals surface area contributed by atoms with Crippen LogP contribution in [-0.4, -0.2) is 52.8 Å². The van der Waals surface area contributed by atoms with E-state index in [0.29, 0.717) is 12.8 Å². The number of sulfonamides is 1. The summed E-state index contributed by atoms with van der Waals surface area (Å²) in [4.78, 5) is 0.